The van der Waals surface area contributed by atoms with Gasteiger partial charge in [0.25, 0.3) is 17.7 Å². The summed E-state index contributed by atoms with van der Waals surface area (Å²) in [6.07, 6.45) is 1.25. The van der Waals surface area contributed by atoms with Gasteiger partial charge < -0.3 is 0 Å². The third-order valence-electron chi connectivity index (χ3n) is 4.70. The van der Waals surface area contributed by atoms with Crippen molar-refractivity contribution in [3.63, 3.8) is 0 Å². The molecule has 2 aliphatic rings. The monoisotopic (exact) mass is 422 g/mol. The SMILES string of the molecule is CC1=NN(c2ccccc2)C(=O)[C@@H]1/C=C1\C(=O)NC(=O)N(c2ccc(Cl)cc2)C1=O. The molecule has 0 aliphatic carbocycles. The first-order chi connectivity index (χ1) is 14.4. The van der Waals surface area contributed by atoms with Crippen molar-refractivity contribution in [2.45, 2.75) is 6.92 Å². The number of hydrogen-bond acceptors (Lipinski definition) is 5. The molecule has 1 atom stereocenters. The van der Waals surface area contributed by atoms with E-state index in [1.54, 1.807) is 31.2 Å². The van der Waals surface area contributed by atoms with Gasteiger partial charge in [0.15, 0.2) is 0 Å². The molecule has 1 fully saturated rings. The number of nitrogens with zero attached hydrogens (tertiary/aromatic N) is 3. The van der Waals surface area contributed by atoms with Gasteiger partial charge in [-0.1, -0.05) is 29.8 Å². The highest BCUT2D eigenvalue weighted by Crippen LogP contribution is 2.27. The summed E-state index contributed by atoms with van der Waals surface area (Å²) in [6, 6.07) is 13.9. The molecule has 1 saturated heterocycles. The van der Waals surface area contributed by atoms with Crippen molar-refractivity contribution < 1.29 is 19.2 Å². The van der Waals surface area contributed by atoms with Gasteiger partial charge in [-0.2, -0.15) is 10.1 Å². The maximum Gasteiger partial charge on any atom is 0.335 e. The Labute approximate surface area is 176 Å². The van der Waals surface area contributed by atoms with Crippen molar-refractivity contribution in [2.75, 3.05) is 9.91 Å². The average molecular weight is 423 g/mol. The highest BCUT2D eigenvalue weighted by molar-refractivity contribution is 6.38. The summed E-state index contributed by atoms with van der Waals surface area (Å²) in [7, 11) is 0. The van der Waals surface area contributed by atoms with E-state index in [-0.39, 0.29) is 11.3 Å². The fraction of sp³-hybridized carbons (Fsp3) is 0.0952. The summed E-state index contributed by atoms with van der Waals surface area (Å²) in [6.45, 7) is 1.63. The van der Waals surface area contributed by atoms with Crippen molar-refractivity contribution in [1.29, 1.82) is 0 Å². The number of carbonyl (C=O) groups is 4. The Morgan fingerprint density at radius 1 is 0.967 bits per heavy atom. The molecule has 2 aliphatic heterocycles. The summed E-state index contributed by atoms with van der Waals surface area (Å²) in [5, 5.41) is 8.04. The van der Waals surface area contributed by atoms with Gasteiger partial charge in [0.1, 0.15) is 5.57 Å². The van der Waals surface area contributed by atoms with E-state index in [9.17, 15) is 19.2 Å². The summed E-state index contributed by atoms with van der Waals surface area (Å²) in [5.41, 5.74) is 0.925. The van der Waals surface area contributed by atoms with Crippen LogP contribution in [-0.2, 0) is 14.4 Å². The predicted molar refractivity (Wildman–Crippen MR) is 111 cm³/mol. The number of carbonyl (C=O) groups excluding carboxylic acids is 4. The van der Waals surface area contributed by atoms with Gasteiger partial charge >= 0.3 is 6.03 Å². The van der Waals surface area contributed by atoms with Crippen molar-refractivity contribution >= 4 is 52.4 Å². The van der Waals surface area contributed by atoms with Crippen LogP contribution in [0.4, 0.5) is 16.2 Å². The molecule has 30 heavy (non-hydrogen) atoms. The van der Waals surface area contributed by atoms with Crippen LogP contribution in [0.3, 0.4) is 0 Å². The second-order valence-corrected chi connectivity index (χ2v) is 7.10. The molecular formula is C21H15ClN4O4. The summed E-state index contributed by atoms with van der Waals surface area (Å²) >= 11 is 5.86. The number of hydrazone groups is 1. The van der Waals surface area contributed by atoms with Gasteiger partial charge in [-0.05, 0) is 49.4 Å². The Hall–Kier alpha value is -3.78. The zero-order chi connectivity index (χ0) is 21.4. The minimum absolute atomic E-state index is 0.245. The Morgan fingerprint density at radius 3 is 2.30 bits per heavy atom. The Bertz CT molecular complexity index is 1130. The number of para-hydroxylation sites is 1. The van der Waals surface area contributed by atoms with Crippen LogP contribution in [0.25, 0.3) is 0 Å². The van der Waals surface area contributed by atoms with Crippen LogP contribution in [-0.4, -0.2) is 29.5 Å². The van der Waals surface area contributed by atoms with Crippen LogP contribution in [0.15, 0.2) is 71.3 Å². The molecule has 150 valence electrons. The normalized spacial score (nSPS) is 20.7. The zero-order valence-electron chi connectivity index (χ0n) is 15.7. The number of urea groups is 1. The quantitative estimate of drug-likeness (QED) is 0.607. The van der Waals surface area contributed by atoms with Crippen molar-refractivity contribution in [3.8, 4) is 0 Å². The molecule has 0 saturated carbocycles. The van der Waals surface area contributed by atoms with Gasteiger partial charge in [-0.3, -0.25) is 19.7 Å². The molecule has 0 unspecified atom stereocenters. The molecule has 2 aromatic rings. The Morgan fingerprint density at radius 2 is 1.63 bits per heavy atom. The lowest BCUT2D eigenvalue weighted by Gasteiger charge is -2.26. The van der Waals surface area contributed by atoms with Crippen LogP contribution in [0.5, 0.6) is 0 Å². The molecule has 0 bridgehead atoms. The molecule has 5 amide bonds. The molecule has 8 nitrogen and oxygen atoms in total. The number of hydrogen-bond donors (Lipinski definition) is 1. The summed E-state index contributed by atoms with van der Waals surface area (Å²) < 4.78 is 0. The first kappa shape index (κ1) is 19.5. The third-order valence-corrected chi connectivity index (χ3v) is 4.96. The van der Waals surface area contributed by atoms with E-state index in [0.29, 0.717) is 16.4 Å². The lowest BCUT2D eigenvalue weighted by atomic mass is 9.98. The number of anilines is 2. The lowest BCUT2D eigenvalue weighted by molar-refractivity contribution is -0.122. The molecular weight excluding hydrogens is 408 g/mol. The molecule has 2 aromatic carbocycles. The van der Waals surface area contributed by atoms with Gasteiger partial charge in [0, 0.05) is 5.02 Å². The largest absolute Gasteiger partial charge is 0.335 e. The number of benzene rings is 2. The molecule has 0 radical (unpaired) electrons. The van der Waals surface area contributed by atoms with Gasteiger partial charge in [-0.15, -0.1) is 0 Å². The number of nitrogens with one attached hydrogen (secondary N) is 1. The summed E-state index contributed by atoms with van der Waals surface area (Å²) in [4.78, 5) is 51.3. The summed E-state index contributed by atoms with van der Waals surface area (Å²) in [5.74, 6) is -3.00. The van der Waals surface area contributed by atoms with Crippen LogP contribution in [0, 0.1) is 5.92 Å². The minimum Gasteiger partial charge on any atom is -0.273 e. The predicted octanol–water partition coefficient (Wildman–Crippen LogP) is 2.89. The molecule has 2 heterocycles. The van der Waals surface area contributed by atoms with Gasteiger partial charge in [0.2, 0.25) is 0 Å². The molecule has 0 aromatic heterocycles. The first-order valence-electron chi connectivity index (χ1n) is 8.98. The second kappa shape index (κ2) is 7.57. The van der Waals surface area contributed by atoms with Crippen molar-refractivity contribution in [3.05, 3.63) is 71.3 Å². The average Bonchev–Trinajstić information content (AvgIpc) is 3.01. The number of imide groups is 2. The van der Waals surface area contributed by atoms with Crippen molar-refractivity contribution in [1.82, 2.24) is 5.32 Å². The fourth-order valence-electron chi connectivity index (χ4n) is 3.19. The van der Waals surface area contributed by atoms with Crippen LogP contribution < -0.4 is 15.2 Å². The second-order valence-electron chi connectivity index (χ2n) is 6.66. The van der Waals surface area contributed by atoms with E-state index >= 15 is 0 Å². The number of amides is 5. The van der Waals surface area contributed by atoms with Crippen LogP contribution >= 0.6 is 11.6 Å². The van der Waals surface area contributed by atoms with E-state index in [1.807, 2.05) is 6.07 Å². The van der Waals surface area contributed by atoms with Gasteiger partial charge in [0.05, 0.1) is 23.0 Å². The van der Waals surface area contributed by atoms with E-state index in [4.69, 9.17) is 11.6 Å². The highest BCUT2D eigenvalue weighted by atomic mass is 35.5. The molecule has 1 N–H and O–H groups in total. The smallest absolute Gasteiger partial charge is 0.273 e. The maximum absolute atomic E-state index is 13.0. The lowest BCUT2D eigenvalue weighted by Crippen LogP contribution is -2.54. The molecule has 0 spiro atoms. The van der Waals surface area contributed by atoms with Crippen molar-refractivity contribution in [2.24, 2.45) is 11.0 Å². The van der Waals surface area contributed by atoms with E-state index in [1.165, 1.54) is 35.4 Å². The Balaban J connectivity index is 1.67. The minimum atomic E-state index is -0.907. The molecule has 4 rings (SSSR count). The molecule has 9 heteroatoms. The van der Waals surface area contributed by atoms with Gasteiger partial charge in [-0.25, -0.2) is 9.69 Å². The first-order valence-corrected chi connectivity index (χ1v) is 9.36. The number of barbiturate groups is 1. The standard InChI is InChI=1S/C21H15ClN4O4/c1-12-16(20(29)26(24-12)15-5-3-2-4-6-15)11-17-18(27)23-21(30)25(19(17)28)14-9-7-13(22)8-10-14/h2-11,16H,1H3,(H,23,27,30)/b17-11+/t16-/m1/s1. The number of rotatable bonds is 3. The van der Waals surface area contributed by atoms with E-state index in [2.05, 4.69) is 10.4 Å². The van der Waals surface area contributed by atoms with Crippen LogP contribution in [0.2, 0.25) is 5.02 Å². The fourth-order valence-corrected chi connectivity index (χ4v) is 3.32. The third kappa shape index (κ3) is 3.37. The van der Waals surface area contributed by atoms with Crippen LogP contribution in [0.1, 0.15) is 6.92 Å². The maximum atomic E-state index is 13.0. The topological polar surface area (TPSA) is 99.2 Å². The highest BCUT2D eigenvalue weighted by Gasteiger charge is 2.40. The number of halogens is 1. The zero-order valence-corrected chi connectivity index (χ0v) is 16.5. The Kier molecular flexibility index (Phi) is 4.93. The van der Waals surface area contributed by atoms with E-state index < -0.39 is 29.7 Å². The van der Waals surface area contributed by atoms with E-state index in [0.717, 1.165) is 4.90 Å².